The van der Waals surface area contributed by atoms with E-state index in [2.05, 4.69) is 52.5 Å². The molecule has 0 radical (unpaired) electrons. The van der Waals surface area contributed by atoms with Gasteiger partial charge in [0.2, 0.25) is 10.0 Å². The highest BCUT2D eigenvalue weighted by molar-refractivity contribution is 9.11. The molecule has 0 amide bonds. The maximum atomic E-state index is 12.5. The lowest BCUT2D eigenvalue weighted by atomic mass is 9.80. The van der Waals surface area contributed by atoms with Crippen LogP contribution in [0.5, 0.6) is 0 Å². The lowest BCUT2D eigenvalue weighted by Crippen LogP contribution is -2.35. The molecule has 2 rings (SSSR count). The van der Waals surface area contributed by atoms with Gasteiger partial charge >= 0.3 is 0 Å². The molecule has 3 nitrogen and oxygen atoms in total. The fourth-order valence-electron chi connectivity index (χ4n) is 2.73. The molecule has 0 bridgehead atoms. The lowest BCUT2D eigenvalue weighted by molar-refractivity contribution is 0.263. The number of hydrogen-bond donors (Lipinski definition) is 1. The van der Waals surface area contributed by atoms with Crippen LogP contribution in [0.1, 0.15) is 25.7 Å². The van der Waals surface area contributed by atoms with E-state index in [4.69, 9.17) is 0 Å². The van der Waals surface area contributed by atoms with Gasteiger partial charge in [-0.15, -0.1) is 0 Å². The number of sulfonamides is 1. The summed E-state index contributed by atoms with van der Waals surface area (Å²) in [5.41, 5.74) is 0. The Morgan fingerprint density at radius 3 is 2.48 bits per heavy atom. The van der Waals surface area contributed by atoms with Crippen molar-refractivity contribution in [3.8, 4) is 0 Å². The summed E-state index contributed by atoms with van der Waals surface area (Å²) < 4.78 is 29.1. The Balaban J connectivity index is 2.09. The number of nitrogens with one attached hydrogen (secondary N) is 1. The first-order valence-electron chi connectivity index (χ1n) is 6.94. The molecule has 1 aliphatic rings. The van der Waals surface area contributed by atoms with Crippen LogP contribution in [0, 0.1) is 11.8 Å². The van der Waals surface area contributed by atoms with Gasteiger partial charge in [-0.3, -0.25) is 0 Å². The Kier molecular flexibility index (Phi) is 6.74. The summed E-state index contributed by atoms with van der Waals surface area (Å²) >= 11 is 10.2. The highest BCUT2D eigenvalue weighted by Gasteiger charge is 2.26. The van der Waals surface area contributed by atoms with Gasteiger partial charge in [0.15, 0.2) is 0 Å². The highest BCUT2D eigenvalue weighted by atomic mass is 79.9. The van der Waals surface area contributed by atoms with Crippen molar-refractivity contribution >= 4 is 57.8 Å². The van der Waals surface area contributed by atoms with Crippen molar-refractivity contribution < 1.29 is 8.42 Å². The molecule has 2 atom stereocenters. The molecule has 0 aromatic heterocycles. The van der Waals surface area contributed by atoms with Crippen LogP contribution in [0.2, 0.25) is 0 Å². The summed E-state index contributed by atoms with van der Waals surface area (Å²) in [6, 6.07) is 5.17. The highest BCUT2D eigenvalue weighted by Crippen LogP contribution is 2.31. The number of hydrogen-bond acceptors (Lipinski definition) is 2. The van der Waals surface area contributed by atoms with Crippen molar-refractivity contribution in [2.45, 2.75) is 30.6 Å². The van der Waals surface area contributed by atoms with Gasteiger partial charge in [-0.05, 0) is 58.8 Å². The van der Waals surface area contributed by atoms with E-state index in [1.807, 2.05) is 6.07 Å². The van der Waals surface area contributed by atoms with Crippen LogP contribution in [-0.2, 0) is 10.0 Å². The Morgan fingerprint density at radius 1 is 1.14 bits per heavy atom. The van der Waals surface area contributed by atoms with Crippen LogP contribution < -0.4 is 4.72 Å². The number of halogens is 3. The summed E-state index contributed by atoms with van der Waals surface area (Å²) in [6.45, 7) is 0.511. The van der Waals surface area contributed by atoms with E-state index < -0.39 is 10.0 Å². The van der Waals surface area contributed by atoms with Gasteiger partial charge in [0.05, 0.1) is 4.90 Å². The van der Waals surface area contributed by atoms with E-state index in [0.717, 1.165) is 16.2 Å². The van der Waals surface area contributed by atoms with Crippen LogP contribution in [-0.4, -0.2) is 20.3 Å². The van der Waals surface area contributed by atoms with E-state index in [1.54, 1.807) is 12.1 Å². The summed E-state index contributed by atoms with van der Waals surface area (Å²) in [5, 5.41) is 0.944. The van der Waals surface area contributed by atoms with E-state index in [1.165, 1.54) is 19.3 Å². The van der Waals surface area contributed by atoms with Crippen molar-refractivity contribution in [1.82, 2.24) is 4.72 Å². The van der Waals surface area contributed by atoms with Crippen molar-refractivity contribution in [3.05, 3.63) is 27.1 Å². The molecule has 1 fully saturated rings. The Labute approximate surface area is 151 Å². The summed E-state index contributed by atoms with van der Waals surface area (Å²) in [4.78, 5) is 0.281. The van der Waals surface area contributed by atoms with E-state index in [-0.39, 0.29) is 4.90 Å². The van der Waals surface area contributed by atoms with Gasteiger partial charge in [-0.1, -0.05) is 44.7 Å². The van der Waals surface area contributed by atoms with Crippen LogP contribution in [0.25, 0.3) is 0 Å². The van der Waals surface area contributed by atoms with Gasteiger partial charge in [0.25, 0.3) is 0 Å². The summed E-state index contributed by atoms with van der Waals surface area (Å²) in [5.74, 6) is 0.978. The minimum Gasteiger partial charge on any atom is -0.211 e. The van der Waals surface area contributed by atoms with Crippen molar-refractivity contribution in [1.29, 1.82) is 0 Å². The van der Waals surface area contributed by atoms with Crippen LogP contribution in [0.3, 0.4) is 0 Å². The van der Waals surface area contributed by atoms with Gasteiger partial charge in [0.1, 0.15) is 0 Å². The smallest absolute Gasteiger partial charge is 0.211 e. The molecule has 1 saturated carbocycles. The monoisotopic (exact) mass is 501 g/mol. The molecule has 0 aliphatic heterocycles. The predicted molar refractivity (Wildman–Crippen MR) is 96.3 cm³/mol. The molecule has 1 aromatic carbocycles. The average molecular weight is 504 g/mol. The van der Waals surface area contributed by atoms with E-state index in [0.29, 0.717) is 22.9 Å². The Hall–Kier alpha value is 0.570. The topological polar surface area (TPSA) is 46.2 Å². The third-order valence-electron chi connectivity index (χ3n) is 3.98. The third kappa shape index (κ3) is 4.77. The quantitative estimate of drug-likeness (QED) is 0.592. The lowest BCUT2D eigenvalue weighted by Gasteiger charge is -2.30. The first-order chi connectivity index (χ1) is 9.94. The first-order valence-corrected chi connectivity index (χ1v) is 11.1. The Morgan fingerprint density at radius 2 is 1.81 bits per heavy atom. The molecule has 21 heavy (non-hydrogen) atoms. The average Bonchev–Trinajstić information content (AvgIpc) is 2.48. The normalized spacial score (nSPS) is 23.2. The fraction of sp³-hybridized carbons (Fsp3) is 0.571. The molecule has 0 heterocycles. The zero-order valence-corrected chi connectivity index (χ0v) is 17.1. The van der Waals surface area contributed by atoms with Crippen molar-refractivity contribution in [2.75, 3.05) is 11.9 Å². The zero-order chi connectivity index (χ0) is 15.5. The van der Waals surface area contributed by atoms with E-state index in [9.17, 15) is 8.42 Å². The van der Waals surface area contributed by atoms with Gasteiger partial charge < -0.3 is 0 Å². The largest absolute Gasteiger partial charge is 0.241 e. The van der Waals surface area contributed by atoms with Gasteiger partial charge in [-0.2, -0.15) is 0 Å². The summed E-state index contributed by atoms with van der Waals surface area (Å²) in [7, 11) is -3.49. The number of alkyl halides is 1. The molecular formula is C14H18Br3NO2S. The minimum absolute atomic E-state index is 0.281. The van der Waals surface area contributed by atoms with E-state index >= 15 is 0 Å². The second kappa shape index (κ2) is 7.90. The first kappa shape index (κ1) is 17.9. The zero-order valence-electron chi connectivity index (χ0n) is 11.5. The molecular weight excluding hydrogens is 486 g/mol. The van der Waals surface area contributed by atoms with Crippen LogP contribution in [0.15, 0.2) is 32.0 Å². The second-order valence-corrected chi connectivity index (χ2v) is 9.54. The molecule has 0 spiro atoms. The maximum absolute atomic E-state index is 12.5. The van der Waals surface area contributed by atoms with Crippen LogP contribution >= 0.6 is 47.8 Å². The summed E-state index contributed by atoms with van der Waals surface area (Å²) in [6.07, 6.45) is 4.71. The molecule has 118 valence electrons. The predicted octanol–water partition coefficient (Wildman–Crippen LogP) is 4.69. The fourth-order valence-corrected chi connectivity index (χ4v) is 6.18. The van der Waals surface area contributed by atoms with Crippen molar-refractivity contribution in [2.24, 2.45) is 11.8 Å². The molecule has 0 saturated heterocycles. The second-order valence-electron chi connectivity index (χ2n) is 5.39. The standard InChI is InChI=1S/C14H18Br3NO2S/c15-8-10-3-1-2-4-11(10)9-18-21(19,20)14-7-12(16)5-6-13(14)17/h5-7,10-11,18H,1-4,8-9H2. The maximum Gasteiger partial charge on any atom is 0.241 e. The number of benzene rings is 1. The molecule has 1 aliphatic carbocycles. The molecule has 7 heteroatoms. The van der Waals surface area contributed by atoms with Crippen LogP contribution in [0.4, 0.5) is 0 Å². The van der Waals surface area contributed by atoms with Gasteiger partial charge in [0, 0.05) is 20.8 Å². The molecule has 2 unspecified atom stereocenters. The third-order valence-corrected chi connectivity index (χ3v) is 7.73. The molecule has 1 aromatic rings. The SMILES string of the molecule is O=S(=O)(NCC1CCCCC1CBr)c1cc(Br)ccc1Br. The van der Waals surface area contributed by atoms with Crippen molar-refractivity contribution in [3.63, 3.8) is 0 Å². The molecule has 1 N–H and O–H groups in total. The Bertz CT molecular complexity index is 592. The minimum atomic E-state index is -3.49. The number of rotatable bonds is 5. The van der Waals surface area contributed by atoms with Gasteiger partial charge in [-0.25, -0.2) is 13.1 Å².